The van der Waals surface area contributed by atoms with Crippen LogP contribution in [0.15, 0.2) is 59.4 Å². The molecule has 1 radical (unpaired) electrons. The molecule has 0 fully saturated rings. The van der Waals surface area contributed by atoms with E-state index >= 15 is 0 Å². The van der Waals surface area contributed by atoms with Gasteiger partial charge in [0.15, 0.2) is 5.43 Å². The Morgan fingerprint density at radius 2 is 1.82 bits per heavy atom. The normalized spacial score (nSPS) is 11.0. The first-order valence-electron chi connectivity index (χ1n) is 9.42. The topological polar surface area (TPSA) is 71.2 Å². The molecule has 1 aromatic heterocycles. The zero-order chi connectivity index (χ0) is 19.9. The number of benzene rings is 2. The lowest BCUT2D eigenvalue weighted by atomic mass is 9.99. The number of H-pyrrole nitrogens is 1. The number of amides is 1. The predicted octanol–water partition coefficient (Wildman–Crippen LogP) is 3.42. The Hall–Kier alpha value is -3.08. The van der Waals surface area contributed by atoms with E-state index in [1.54, 1.807) is 19.2 Å². The standard InChI is InChI=1S/C23H25N2O3/c1-16(11-12-17-7-3-6-10-22(17)28-2)23(27)24-14-13-18-15-21(26)19-8-4-5-9-20(19)25-18/h3-10,15H,11-14H2,1-2H3,(H,24,27)(H,25,26). The van der Waals surface area contributed by atoms with Gasteiger partial charge in [-0.15, -0.1) is 0 Å². The van der Waals surface area contributed by atoms with Gasteiger partial charge >= 0.3 is 0 Å². The minimum atomic E-state index is -0.0574. The highest BCUT2D eigenvalue weighted by molar-refractivity contribution is 5.89. The van der Waals surface area contributed by atoms with Crippen LogP contribution in [-0.2, 0) is 17.6 Å². The maximum Gasteiger partial charge on any atom is 0.227 e. The summed E-state index contributed by atoms with van der Waals surface area (Å²) in [4.78, 5) is 27.8. The minimum Gasteiger partial charge on any atom is -0.496 e. The van der Waals surface area contributed by atoms with Gasteiger partial charge in [-0.25, -0.2) is 0 Å². The number of hydrogen-bond donors (Lipinski definition) is 2. The molecular weight excluding hydrogens is 352 g/mol. The fourth-order valence-corrected chi connectivity index (χ4v) is 3.19. The number of aromatic nitrogens is 1. The van der Waals surface area contributed by atoms with Gasteiger partial charge in [-0.3, -0.25) is 9.59 Å². The second kappa shape index (κ2) is 9.22. The Bertz CT molecular complexity index is 1010. The molecular formula is C23H25N2O3. The lowest BCUT2D eigenvalue weighted by molar-refractivity contribution is -0.119. The summed E-state index contributed by atoms with van der Waals surface area (Å²) in [6.45, 7) is 2.32. The first kappa shape index (κ1) is 19.7. The van der Waals surface area contributed by atoms with Crippen molar-refractivity contribution in [2.24, 2.45) is 0 Å². The first-order valence-corrected chi connectivity index (χ1v) is 9.42. The number of hydrogen-bond acceptors (Lipinski definition) is 3. The number of aromatic amines is 1. The SMILES string of the molecule is COc1ccccc1CC[C](C)C(=O)NCCc1cc(=O)c2ccccc2[nH]1. The van der Waals surface area contributed by atoms with Crippen molar-refractivity contribution in [1.29, 1.82) is 0 Å². The predicted molar refractivity (Wildman–Crippen MR) is 112 cm³/mol. The van der Waals surface area contributed by atoms with Crippen LogP contribution in [-0.4, -0.2) is 24.5 Å². The van der Waals surface area contributed by atoms with Crippen LogP contribution >= 0.6 is 0 Å². The van der Waals surface area contributed by atoms with E-state index in [2.05, 4.69) is 10.3 Å². The Balaban J connectivity index is 1.50. The molecule has 0 saturated carbocycles. The Morgan fingerprint density at radius 3 is 2.64 bits per heavy atom. The van der Waals surface area contributed by atoms with Gasteiger partial charge in [-0.2, -0.15) is 0 Å². The van der Waals surface area contributed by atoms with Gasteiger partial charge in [-0.05, 0) is 43.5 Å². The summed E-state index contributed by atoms with van der Waals surface area (Å²) in [6, 6.07) is 16.9. The Labute approximate surface area is 164 Å². The van der Waals surface area contributed by atoms with Gasteiger partial charge in [0.05, 0.1) is 13.0 Å². The van der Waals surface area contributed by atoms with E-state index in [1.807, 2.05) is 49.4 Å². The maximum absolute atomic E-state index is 12.3. The summed E-state index contributed by atoms with van der Waals surface area (Å²) < 4.78 is 5.35. The van der Waals surface area contributed by atoms with E-state index in [0.29, 0.717) is 24.8 Å². The summed E-state index contributed by atoms with van der Waals surface area (Å²) in [5, 5.41) is 3.61. The molecule has 2 aromatic carbocycles. The first-order chi connectivity index (χ1) is 13.6. The summed E-state index contributed by atoms with van der Waals surface area (Å²) in [6.07, 6.45) is 1.99. The van der Waals surface area contributed by atoms with Crippen LogP contribution in [0.25, 0.3) is 10.9 Å². The Kier molecular flexibility index (Phi) is 6.48. The number of ether oxygens (including phenoxy) is 1. The van der Waals surface area contributed by atoms with E-state index in [4.69, 9.17) is 4.74 Å². The molecule has 0 unspecified atom stereocenters. The van der Waals surface area contributed by atoms with Crippen molar-refractivity contribution in [2.45, 2.75) is 26.2 Å². The summed E-state index contributed by atoms with van der Waals surface area (Å²) in [7, 11) is 1.65. The Morgan fingerprint density at radius 1 is 1.07 bits per heavy atom. The lowest BCUT2D eigenvalue weighted by Crippen LogP contribution is -2.30. The van der Waals surface area contributed by atoms with Gasteiger partial charge in [0.25, 0.3) is 0 Å². The molecule has 0 aliphatic rings. The van der Waals surface area contributed by atoms with Gasteiger partial charge in [-0.1, -0.05) is 30.3 Å². The molecule has 3 aromatic rings. The molecule has 1 amide bonds. The highest BCUT2D eigenvalue weighted by atomic mass is 16.5. The fraction of sp³-hybridized carbons (Fsp3) is 0.261. The molecule has 0 spiro atoms. The third kappa shape index (κ3) is 4.80. The van der Waals surface area contributed by atoms with Crippen molar-refractivity contribution in [2.75, 3.05) is 13.7 Å². The molecule has 0 saturated heterocycles. The zero-order valence-corrected chi connectivity index (χ0v) is 16.2. The molecule has 3 rings (SSSR count). The molecule has 0 aliphatic heterocycles. The summed E-state index contributed by atoms with van der Waals surface area (Å²) in [5.74, 6) is 1.56. The molecule has 28 heavy (non-hydrogen) atoms. The summed E-state index contributed by atoms with van der Waals surface area (Å²) in [5.41, 5.74) is 2.72. The molecule has 0 atom stereocenters. The quantitative estimate of drug-likeness (QED) is 0.632. The van der Waals surface area contributed by atoms with Crippen molar-refractivity contribution < 1.29 is 9.53 Å². The van der Waals surface area contributed by atoms with Gasteiger partial charge in [0.2, 0.25) is 5.91 Å². The van der Waals surface area contributed by atoms with E-state index < -0.39 is 0 Å². The number of para-hydroxylation sites is 2. The van der Waals surface area contributed by atoms with Crippen molar-refractivity contribution >= 4 is 16.8 Å². The molecule has 0 bridgehead atoms. The van der Waals surface area contributed by atoms with E-state index in [-0.39, 0.29) is 11.3 Å². The second-order valence-corrected chi connectivity index (χ2v) is 6.80. The third-order valence-corrected chi connectivity index (χ3v) is 4.82. The molecule has 5 heteroatoms. The van der Waals surface area contributed by atoms with Crippen LogP contribution in [0, 0.1) is 5.92 Å². The number of nitrogens with one attached hydrogen (secondary N) is 2. The van der Waals surface area contributed by atoms with Crippen LogP contribution in [0.2, 0.25) is 0 Å². The minimum absolute atomic E-state index is 0.00442. The van der Waals surface area contributed by atoms with Crippen LogP contribution in [0.3, 0.4) is 0 Å². The largest absolute Gasteiger partial charge is 0.496 e. The van der Waals surface area contributed by atoms with Crippen molar-refractivity contribution in [3.8, 4) is 5.75 Å². The van der Waals surface area contributed by atoms with Crippen LogP contribution < -0.4 is 15.5 Å². The number of methoxy groups -OCH3 is 1. The number of carbonyl (C=O) groups excluding carboxylic acids is 1. The number of pyridine rings is 1. The summed E-state index contributed by atoms with van der Waals surface area (Å²) >= 11 is 0. The van der Waals surface area contributed by atoms with E-state index in [1.165, 1.54) is 0 Å². The van der Waals surface area contributed by atoms with Crippen molar-refractivity contribution in [1.82, 2.24) is 10.3 Å². The number of rotatable bonds is 8. The van der Waals surface area contributed by atoms with Crippen molar-refractivity contribution in [3.05, 3.63) is 82.0 Å². The van der Waals surface area contributed by atoms with Gasteiger partial charge in [0, 0.05) is 35.6 Å². The molecule has 2 N–H and O–H groups in total. The number of aryl methyl sites for hydroxylation is 1. The maximum atomic E-state index is 12.3. The van der Waals surface area contributed by atoms with Gasteiger partial charge in [0.1, 0.15) is 5.75 Å². The number of fused-ring (bicyclic) bond motifs is 1. The molecule has 5 nitrogen and oxygen atoms in total. The lowest BCUT2D eigenvalue weighted by Gasteiger charge is -2.13. The van der Waals surface area contributed by atoms with E-state index in [0.717, 1.165) is 34.9 Å². The highest BCUT2D eigenvalue weighted by Gasteiger charge is 2.14. The average Bonchev–Trinajstić information content (AvgIpc) is 2.72. The van der Waals surface area contributed by atoms with Crippen molar-refractivity contribution in [3.63, 3.8) is 0 Å². The highest BCUT2D eigenvalue weighted by Crippen LogP contribution is 2.21. The molecule has 145 valence electrons. The van der Waals surface area contributed by atoms with Crippen LogP contribution in [0.5, 0.6) is 5.75 Å². The van der Waals surface area contributed by atoms with Gasteiger partial charge < -0.3 is 15.0 Å². The zero-order valence-electron chi connectivity index (χ0n) is 16.2. The second-order valence-electron chi connectivity index (χ2n) is 6.80. The average molecular weight is 377 g/mol. The van der Waals surface area contributed by atoms with Crippen LogP contribution in [0.1, 0.15) is 24.6 Å². The fourth-order valence-electron chi connectivity index (χ4n) is 3.19. The molecule has 0 aliphatic carbocycles. The smallest absolute Gasteiger partial charge is 0.227 e. The van der Waals surface area contributed by atoms with E-state index in [9.17, 15) is 9.59 Å². The third-order valence-electron chi connectivity index (χ3n) is 4.82. The molecule has 1 heterocycles. The monoisotopic (exact) mass is 377 g/mol. The van der Waals surface area contributed by atoms with Crippen LogP contribution in [0.4, 0.5) is 0 Å². The number of carbonyl (C=O) groups is 1.